The van der Waals surface area contributed by atoms with Crippen LogP contribution in [0.3, 0.4) is 0 Å². The fourth-order valence-corrected chi connectivity index (χ4v) is 2.81. The summed E-state index contributed by atoms with van der Waals surface area (Å²) in [6.45, 7) is 9.10. The van der Waals surface area contributed by atoms with E-state index in [4.69, 9.17) is 3.79 Å². The van der Waals surface area contributed by atoms with Crippen molar-refractivity contribution < 1.29 is 3.79 Å². The fraction of sp³-hybridized carbons (Fsp3) is 1.00. The normalized spacial score (nSPS) is 13.2. The molecule has 0 aromatic carbocycles. The molecule has 1 atom stereocenters. The number of hydrogen-bond acceptors (Lipinski definition) is 2. The van der Waals surface area contributed by atoms with E-state index in [1.165, 1.54) is 38.8 Å². The minimum Gasteiger partial charge on any atom is -0.487 e. The molecule has 0 aromatic heterocycles. The lowest BCUT2D eigenvalue weighted by molar-refractivity contribution is 0.0168. The van der Waals surface area contributed by atoms with Gasteiger partial charge in [0, 0.05) is 13.1 Å². The van der Waals surface area contributed by atoms with E-state index in [0.717, 1.165) is 0 Å². The SMILES string of the molecule is CCCC([O][Al]([CH3])[CH3])N(CCC)CCC. The third kappa shape index (κ3) is 7.36. The summed E-state index contributed by atoms with van der Waals surface area (Å²) >= 11 is -0.908. The van der Waals surface area contributed by atoms with Gasteiger partial charge < -0.3 is 3.79 Å². The second-order valence-electron chi connectivity index (χ2n) is 4.46. The third-order valence-electron chi connectivity index (χ3n) is 2.39. The monoisotopic (exact) mass is 229 g/mol. The van der Waals surface area contributed by atoms with Crippen LogP contribution in [0.25, 0.3) is 0 Å². The van der Waals surface area contributed by atoms with Crippen LogP contribution in [0.2, 0.25) is 11.6 Å². The van der Waals surface area contributed by atoms with Crippen LogP contribution in [-0.2, 0) is 3.79 Å². The summed E-state index contributed by atoms with van der Waals surface area (Å²) in [5, 5.41) is 0. The van der Waals surface area contributed by atoms with Crippen LogP contribution in [-0.4, -0.2) is 38.7 Å². The lowest BCUT2D eigenvalue weighted by Gasteiger charge is -2.33. The molecule has 0 aliphatic rings. The molecule has 1 unspecified atom stereocenters. The predicted molar refractivity (Wildman–Crippen MR) is 69.4 cm³/mol. The van der Waals surface area contributed by atoms with Crippen molar-refractivity contribution in [3.8, 4) is 0 Å². The van der Waals surface area contributed by atoms with Crippen molar-refractivity contribution in [3.63, 3.8) is 0 Å². The first-order valence-electron chi connectivity index (χ1n) is 6.55. The zero-order valence-corrected chi connectivity index (χ0v) is 12.4. The van der Waals surface area contributed by atoms with E-state index < -0.39 is 14.5 Å². The van der Waals surface area contributed by atoms with Crippen molar-refractivity contribution >= 4 is 14.5 Å². The van der Waals surface area contributed by atoms with E-state index in [2.05, 4.69) is 37.2 Å². The van der Waals surface area contributed by atoms with Crippen LogP contribution < -0.4 is 0 Å². The van der Waals surface area contributed by atoms with Gasteiger partial charge in [-0.15, -0.1) is 0 Å². The third-order valence-corrected chi connectivity index (χ3v) is 3.25. The smallest absolute Gasteiger partial charge is 0.455 e. The standard InChI is InChI=1S/C10H22NO.2CH3.Al/c1-4-7-10(12)11(8-5-2)9-6-3;;;/h10H,4-9H2,1-3H3;2*1H3;/q-1;;;+1. The molecule has 0 N–H and O–H groups in total. The molecule has 3 heteroatoms. The highest BCUT2D eigenvalue weighted by molar-refractivity contribution is 6.48. The van der Waals surface area contributed by atoms with Gasteiger partial charge in [0.2, 0.25) is 0 Å². The maximum atomic E-state index is 6.12. The molecule has 0 aromatic rings. The highest BCUT2D eigenvalue weighted by Gasteiger charge is 2.19. The minimum atomic E-state index is -0.908. The molecule has 0 aliphatic heterocycles. The molecule has 0 radical (unpaired) electrons. The molecule has 0 bridgehead atoms. The Labute approximate surface area is 101 Å². The van der Waals surface area contributed by atoms with Crippen LogP contribution in [0.15, 0.2) is 0 Å². The van der Waals surface area contributed by atoms with Gasteiger partial charge in [-0.05, 0) is 19.3 Å². The lowest BCUT2D eigenvalue weighted by atomic mass is 10.2. The second kappa shape index (κ2) is 9.66. The number of nitrogens with zero attached hydrogens (tertiary/aromatic N) is 1. The average molecular weight is 229 g/mol. The molecule has 0 saturated heterocycles. The van der Waals surface area contributed by atoms with Crippen molar-refractivity contribution in [2.75, 3.05) is 13.1 Å². The van der Waals surface area contributed by atoms with Gasteiger partial charge in [-0.1, -0.05) is 38.8 Å². The molecule has 90 valence electrons. The number of rotatable bonds is 9. The number of hydrogen-bond donors (Lipinski definition) is 0. The first-order chi connectivity index (χ1) is 7.15. The van der Waals surface area contributed by atoms with Gasteiger partial charge in [0.1, 0.15) is 0 Å². The lowest BCUT2D eigenvalue weighted by Crippen LogP contribution is -2.40. The molecule has 2 nitrogen and oxygen atoms in total. The summed E-state index contributed by atoms with van der Waals surface area (Å²) in [4.78, 5) is 2.52. The fourth-order valence-electron chi connectivity index (χ4n) is 1.87. The van der Waals surface area contributed by atoms with Crippen LogP contribution >= 0.6 is 0 Å². The van der Waals surface area contributed by atoms with Crippen molar-refractivity contribution in [2.45, 2.75) is 64.3 Å². The van der Waals surface area contributed by atoms with Gasteiger partial charge in [0.05, 0.1) is 6.23 Å². The van der Waals surface area contributed by atoms with E-state index in [1.54, 1.807) is 0 Å². The van der Waals surface area contributed by atoms with Crippen LogP contribution in [0.4, 0.5) is 0 Å². The summed E-state index contributed by atoms with van der Waals surface area (Å²) in [7, 11) is 0. The molecule has 15 heavy (non-hydrogen) atoms. The van der Waals surface area contributed by atoms with E-state index in [1.807, 2.05) is 0 Å². The Morgan fingerprint density at radius 2 is 1.53 bits per heavy atom. The minimum absolute atomic E-state index is 0.390. The summed E-state index contributed by atoms with van der Waals surface area (Å²) in [6, 6.07) is 0. The summed E-state index contributed by atoms with van der Waals surface area (Å²) in [5.74, 6) is 4.53. The predicted octanol–water partition coefficient (Wildman–Crippen LogP) is 3.50. The Hall–Kier alpha value is 0.452. The molecule has 0 heterocycles. The average Bonchev–Trinajstić information content (AvgIpc) is 2.16. The maximum absolute atomic E-state index is 6.12. The van der Waals surface area contributed by atoms with E-state index in [-0.39, 0.29) is 0 Å². The van der Waals surface area contributed by atoms with Gasteiger partial charge in [-0.25, -0.2) is 0 Å². The van der Waals surface area contributed by atoms with Crippen molar-refractivity contribution in [1.29, 1.82) is 0 Å². The van der Waals surface area contributed by atoms with Crippen LogP contribution in [0, 0.1) is 0 Å². The van der Waals surface area contributed by atoms with Crippen LogP contribution in [0.1, 0.15) is 46.5 Å². The molecular formula is C12H28AlNO. The zero-order valence-electron chi connectivity index (χ0n) is 11.3. The van der Waals surface area contributed by atoms with Gasteiger partial charge in [-0.3, -0.25) is 4.90 Å². The van der Waals surface area contributed by atoms with Crippen molar-refractivity contribution in [3.05, 3.63) is 0 Å². The summed E-state index contributed by atoms with van der Waals surface area (Å²) in [6.07, 6.45) is 5.24. The zero-order chi connectivity index (χ0) is 11.7. The van der Waals surface area contributed by atoms with E-state index >= 15 is 0 Å². The molecular weight excluding hydrogens is 201 g/mol. The Balaban J connectivity index is 4.22. The van der Waals surface area contributed by atoms with Crippen molar-refractivity contribution in [1.82, 2.24) is 4.90 Å². The largest absolute Gasteiger partial charge is 0.487 e. The molecule has 0 saturated carbocycles. The summed E-state index contributed by atoms with van der Waals surface area (Å²) in [5.41, 5.74) is 0. The van der Waals surface area contributed by atoms with Gasteiger partial charge in [-0.2, -0.15) is 0 Å². The van der Waals surface area contributed by atoms with Gasteiger partial charge in [0.15, 0.2) is 0 Å². The first-order valence-corrected chi connectivity index (χ1v) is 9.33. The summed E-state index contributed by atoms with van der Waals surface area (Å²) < 4.78 is 6.12. The Morgan fingerprint density at radius 3 is 1.87 bits per heavy atom. The van der Waals surface area contributed by atoms with E-state index in [9.17, 15) is 0 Å². The molecule has 0 amide bonds. The Bertz CT molecular complexity index is 136. The molecule has 0 fully saturated rings. The first kappa shape index (κ1) is 15.5. The molecule has 0 rings (SSSR count). The van der Waals surface area contributed by atoms with Crippen LogP contribution in [0.5, 0.6) is 0 Å². The Morgan fingerprint density at radius 1 is 1.00 bits per heavy atom. The second-order valence-corrected chi connectivity index (χ2v) is 6.83. The quantitative estimate of drug-likeness (QED) is 0.443. The molecule has 0 spiro atoms. The van der Waals surface area contributed by atoms with Gasteiger partial charge >= 0.3 is 14.5 Å². The molecule has 0 aliphatic carbocycles. The maximum Gasteiger partial charge on any atom is 0.455 e. The topological polar surface area (TPSA) is 12.5 Å². The van der Waals surface area contributed by atoms with Gasteiger partial charge in [0.25, 0.3) is 0 Å². The highest BCUT2D eigenvalue weighted by Crippen LogP contribution is 2.11. The Kier molecular flexibility index (Phi) is 9.95. The van der Waals surface area contributed by atoms with E-state index in [0.29, 0.717) is 6.23 Å². The van der Waals surface area contributed by atoms with Crippen molar-refractivity contribution in [2.24, 2.45) is 0 Å². The highest BCUT2D eigenvalue weighted by atomic mass is 27.2.